The average Bonchev–Trinajstić information content (AvgIpc) is 2.94. The lowest BCUT2D eigenvalue weighted by molar-refractivity contribution is 0.144. The Morgan fingerprint density at radius 1 is 1.20 bits per heavy atom. The molecule has 3 aromatic rings. The number of alkyl halides is 2. The van der Waals surface area contributed by atoms with Gasteiger partial charge in [-0.2, -0.15) is 0 Å². The molecule has 0 spiro atoms. The first-order valence-electron chi connectivity index (χ1n) is 5.82. The summed E-state index contributed by atoms with van der Waals surface area (Å²) in [5, 5.41) is 7.33. The van der Waals surface area contributed by atoms with Gasteiger partial charge in [0.1, 0.15) is 12.1 Å². The van der Waals surface area contributed by atoms with Crippen molar-refractivity contribution in [2.24, 2.45) is 0 Å². The zero-order valence-electron chi connectivity index (χ0n) is 10.5. The molecule has 0 amide bonds. The fraction of sp³-hybridized carbons (Fsp3) is 0.154. The average molecular weight is 276 g/mol. The molecule has 0 saturated carbocycles. The maximum atomic E-state index is 13.1. The van der Waals surface area contributed by atoms with Crippen LogP contribution in [0, 0.1) is 0 Å². The van der Waals surface area contributed by atoms with Crippen LogP contribution in [0.5, 0.6) is 5.75 Å². The number of rotatable bonds is 3. The molecule has 0 unspecified atom stereocenters. The lowest BCUT2D eigenvalue weighted by atomic mass is 10.1. The van der Waals surface area contributed by atoms with Crippen LogP contribution in [0.2, 0.25) is 0 Å². The summed E-state index contributed by atoms with van der Waals surface area (Å²) in [6, 6.07) is 8.33. The van der Waals surface area contributed by atoms with Crippen molar-refractivity contribution in [1.29, 1.82) is 0 Å². The first-order chi connectivity index (χ1) is 9.69. The minimum Gasteiger partial charge on any atom is -0.497 e. The third-order valence-corrected chi connectivity index (χ3v) is 2.92. The molecule has 0 aliphatic heterocycles. The Labute approximate surface area is 112 Å². The van der Waals surface area contributed by atoms with Gasteiger partial charge in [-0.3, -0.25) is 4.40 Å². The first kappa shape index (κ1) is 12.5. The molecule has 0 radical (unpaired) electrons. The van der Waals surface area contributed by atoms with E-state index >= 15 is 0 Å². The highest BCUT2D eigenvalue weighted by atomic mass is 19.3. The summed E-state index contributed by atoms with van der Waals surface area (Å²) in [6.07, 6.45) is -1.41. The Morgan fingerprint density at radius 2 is 1.95 bits per heavy atom. The predicted molar refractivity (Wildman–Crippen MR) is 67.7 cm³/mol. The molecule has 0 aliphatic carbocycles. The number of ether oxygens (including phenoxy) is 1. The van der Waals surface area contributed by atoms with Gasteiger partial charge in [-0.25, -0.2) is 13.8 Å². The number of fused-ring (bicyclic) bond motifs is 1. The van der Waals surface area contributed by atoms with E-state index in [4.69, 9.17) is 4.74 Å². The standard InChI is InChI=1S/C13H10F2N4O/c1-20-9-4-2-8(3-5-9)10-6-11(12(14)15)19-7-16-18-13(19)17-10/h2-7,12H,1H3. The predicted octanol–water partition coefficient (Wildman–Crippen LogP) is 2.74. The monoisotopic (exact) mass is 276 g/mol. The van der Waals surface area contributed by atoms with Crippen molar-refractivity contribution in [3.05, 3.63) is 42.4 Å². The molecular formula is C13H10F2N4O. The van der Waals surface area contributed by atoms with Crippen LogP contribution in [0.1, 0.15) is 12.1 Å². The largest absolute Gasteiger partial charge is 0.497 e. The first-order valence-corrected chi connectivity index (χ1v) is 5.82. The molecule has 102 valence electrons. The third-order valence-electron chi connectivity index (χ3n) is 2.92. The van der Waals surface area contributed by atoms with Gasteiger partial charge in [0, 0.05) is 5.56 Å². The second-order valence-electron chi connectivity index (χ2n) is 4.10. The van der Waals surface area contributed by atoms with Crippen molar-refractivity contribution in [3.63, 3.8) is 0 Å². The van der Waals surface area contributed by atoms with Gasteiger partial charge in [0.15, 0.2) is 0 Å². The summed E-state index contributed by atoms with van der Waals surface area (Å²) in [7, 11) is 1.56. The van der Waals surface area contributed by atoms with Gasteiger partial charge in [-0.15, -0.1) is 10.2 Å². The molecule has 0 bridgehead atoms. The third kappa shape index (κ3) is 2.07. The summed E-state index contributed by atoms with van der Waals surface area (Å²) < 4.78 is 32.4. The van der Waals surface area contributed by atoms with E-state index < -0.39 is 6.43 Å². The quantitative estimate of drug-likeness (QED) is 0.738. The molecule has 20 heavy (non-hydrogen) atoms. The van der Waals surface area contributed by atoms with Crippen LogP contribution >= 0.6 is 0 Å². The highest BCUT2D eigenvalue weighted by Crippen LogP contribution is 2.26. The summed E-state index contributed by atoms with van der Waals surface area (Å²) >= 11 is 0. The van der Waals surface area contributed by atoms with E-state index in [1.807, 2.05) is 0 Å². The smallest absolute Gasteiger partial charge is 0.279 e. The Hall–Kier alpha value is -2.57. The number of methoxy groups -OCH3 is 1. The van der Waals surface area contributed by atoms with Gasteiger partial charge < -0.3 is 4.74 Å². The summed E-state index contributed by atoms with van der Waals surface area (Å²) in [5.74, 6) is 0.833. The van der Waals surface area contributed by atoms with E-state index in [1.54, 1.807) is 31.4 Å². The van der Waals surface area contributed by atoms with E-state index in [0.717, 1.165) is 0 Å². The van der Waals surface area contributed by atoms with E-state index in [-0.39, 0.29) is 11.5 Å². The van der Waals surface area contributed by atoms with Crippen LogP contribution in [0.3, 0.4) is 0 Å². The number of halogens is 2. The Balaban J connectivity index is 2.15. The zero-order valence-corrected chi connectivity index (χ0v) is 10.5. The van der Waals surface area contributed by atoms with E-state index in [2.05, 4.69) is 15.2 Å². The molecule has 7 heteroatoms. The van der Waals surface area contributed by atoms with Crippen molar-refractivity contribution < 1.29 is 13.5 Å². The summed E-state index contributed by atoms with van der Waals surface area (Å²) in [6.45, 7) is 0. The molecule has 5 nitrogen and oxygen atoms in total. The van der Waals surface area contributed by atoms with Crippen LogP contribution in [0.4, 0.5) is 8.78 Å². The molecule has 3 rings (SSSR count). The zero-order chi connectivity index (χ0) is 14.1. The maximum absolute atomic E-state index is 13.1. The van der Waals surface area contributed by atoms with Crippen molar-refractivity contribution in [1.82, 2.24) is 19.6 Å². The molecule has 0 saturated heterocycles. The number of hydrogen-bond acceptors (Lipinski definition) is 4. The maximum Gasteiger partial charge on any atom is 0.279 e. The molecule has 2 aromatic heterocycles. The Bertz CT molecular complexity index is 740. The van der Waals surface area contributed by atoms with Crippen LogP contribution < -0.4 is 4.74 Å². The fourth-order valence-corrected chi connectivity index (χ4v) is 1.91. The van der Waals surface area contributed by atoms with Gasteiger partial charge in [0.05, 0.1) is 18.5 Å². The molecule has 1 aromatic carbocycles. The summed E-state index contributed by atoms with van der Waals surface area (Å²) in [4.78, 5) is 4.22. The van der Waals surface area contributed by atoms with Gasteiger partial charge in [0.25, 0.3) is 12.2 Å². The Morgan fingerprint density at radius 3 is 2.60 bits per heavy atom. The number of aromatic nitrogens is 4. The number of nitrogens with zero attached hydrogens (tertiary/aromatic N) is 4. The van der Waals surface area contributed by atoms with E-state index in [9.17, 15) is 8.78 Å². The molecule has 0 aliphatic rings. The van der Waals surface area contributed by atoms with Crippen LogP contribution in [0.25, 0.3) is 17.0 Å². The van der Waals surface area contributed by atoms with Gasteiger partial charge >= 0.3 is 0 Å². The van der Waals surface area contributed by atoms with Crippen molar-refractivity contribution in [2.75, 3.05) is 7.11 Å². The van der Waals surface area contributed by atoms with E-state index in [0.29, 0.717) is 17.0 Å². The molecular weight excluding hydrogens is 266 g/mol. The van der Waals surface area contributed by atoms with Crippen molar-refractivity contribution in [2.45, 2.75) is 6.43 Å². The minimum absolute atomic E-state index is 0.147. The molecule has 0 atom stereocenters. The van der Waals surface area contributed by atoms with Crippen molar-refractivity contribution >= 4 is 5.78 Å². The minimum atomic E-state index is -2.63. The molecule has 0 N–H and O–H groups in total. The van der Waals surface area contributed by atoms with E-state index in [1.165, 1.54) is 16.8 Å². The van der Waals surface area contributed by atoms with Gasteiger partial charge in [-0.05, 0) is 30.3 Å². The molecule has 0 fully saturated rings. The lowest BCUT2D eigenvalue weighted by Crippen LogP contribution is -2.00. The lowest BCUT2D eigenvalue weighted by Gasteiger charge is -2.07. The number of benzene rings is 1. The Kier molecular flexibility index (Phi) is 3.02. The van der Waals surface area contributed by atoms with Gasteiger partial charge in [-0.1, -0.05) is 0 Å². The second kappa shape index (κ2) is 4.84. The van der Waals surface area contributed by atoms with Crippen LogP contribution in [0.15, 0.2) is 36.7 Å². The number of hydrogen-bond donors (Lipinski definition) is 0. The normalized spacial score (nSPS) is 11.2. The van der Waals surface area contributed by atoms with Gasteiger partial charge in [0.2, 0.25) is 0 Å². The fourth-order valence-electron chi connectivity index (χ4n) is 1.91. The molecule has 2 heterocycles. The topological polar surface area (TPSA) is 52.3 Å². The van der Waals surface area contributed by atoms with Crippen LogP contribution in [-0.4, -0.2) is 26.7 Å². The summed E-state index contributed by atoms with van der Waals surface area (Å²) in [5.41, 5.74) is 0.937. The second-order valence-corrected chi connectivity index (χ2v) is 4.10. The van der Waals surface area contributed by atoms with Crippen molar-refractivity contribution in [3.8, 4) is 17.0 Å². The van der Waals surface area contributed by atoms with Crippen LogP contribution in [-0.2, 0) is 0 Å². The highest BCUT2D eigenvalue weighted by molar-refractivity contribution is 5.62. The highest BCUT2D eigenvalue weighted by Gasteiger charge is 2.16. The SMILES string of the molecule is COc1ccc(-c2cc(C(F)F)n3cnnc3n2)cc1.